The van der Waals surface area contributed by atoms with Gasteiger partial charge in [0, 0.05) is 12.7 Å². The summed E-state index contributed by atoms with van der Waals surface area (Å²) in [7, 11) is 1.81. The Morgan fingerprint density at radius 1 is 1.21 bits per heavy atom. The summed E-state index contributed by atoms with van der Waals surface area (Å²) in [6, 6.07) is 12.7. The summed E-state index contributed by atoms with van der Waals surface area (Å²) in [5.41, 5.74) is 9.10. The standard InChI is InChI=1S/C15H16N2O2/c1-10-5-3-6-11(9-10)17(2)14-12(15(18)19)7-4-8-13(14)16/h3-9H,16H2,1-2H3,(H,18,19). The number of benzene rings is 2. The second-order valence-electron chi connectivity index (χ2n) is 4.45. The highest BCUT2D eigenvalue weighted by Gasteiger charge is 2.17. The minimum Gasteiger partial charge on any atom is -0.478 e. The van der Waals surface area contributed by atoms with Gasteiger partial charge in [-0.3, -0.25) is 0 Å². The van der Waals surface area contributed by atoms with Crippen molar-refractivity contribution < 1.29 is 9.90 Å². The number of rotatable bonds is 3. The molecule has 0 heterocycles. The van der Waals surface area contributed by atoms with Gasteiger partial charge in [-0.2, -0.15) is 0 Å². The molecule has 2 rings (SSSR count). The van der Waals surface area contributed by atoms with Crippen molar-refractivity contribution in [1.82, 2.24) is 0 Å². The topological polar surface area (TPSA) is 66.6 Å². The molecule has 4 nitrogen and oxygen atoms in total. The maximum atomic E-state index is 11.3. The van der Waals surface area contributed by atoms with Crippen LogP contribution in [0, 0.1) is 6.92 Å². The van der Waals surface area contributed by atoms with E-state index in [0.717, 1.165) is 11.3 Å². The molecule has 2 aromatic carbocycles. The number of carboxylic acids is 1. The van der Waals surface area contributed by atoms with Gasteiger partial charge in [0.05, 0.1) is 16.9 Å². The van der Waals surface area contributed by atoms with E-state index in [9.17, 15) is 9.90 Å². The molecule has 0 radical (unpaired) electrons. The van der Waals surface area contributed by atoms with Gasteiger partial charge in [-0.1, -0.05) is 18.2 Å². The number of carbonyl (C=O) groups is 1. The maximum absolute atomic E-state index is 11.3. The minimum absolute atomic E-state index is 0.198. The lowest BCUT2D eigenvalue weighted by atomic mass is 10.1. The van der Waals surface area contributed by atoms with Crippen LogP contribution in [0.5, 0.6) is 0 Å². The first-order valence-corrected chi connectivity index (χ1v) is 5.93. The first-order valence-electron chi connectivity index (χ1n) is 5.93. The molecular weight excluding hydrogens is 240 g/mol. The highest BCUT2D eigenvalue weighted by atomic mass is 16.4. The van der Waals surface area contributed by atoms with Crippen molar-refractivity contribution in [3.05, 3.63) is 53.6 Å². The fourth-order valence-electron chi connectivity index (χ4n) is 2.07. The lowest BCUT2D eigenvalue weighted by Gasteiger charge is -2.23. The molecule has 0 amide bonds. The van der Waals surface area contributed by atoms with Crippen LogP contribution in [0.2, 0.25) is 0 Å². The largest absolute Gasteiger partial charge is 0.478 e. The molecule has 2 aromatic rings. The van der Waals surface area contributed by atoms with Crippen LogP contribution >= 0.6 is 0 Å². The zero-order valence-electron chi connectivity index (χ0n) is 10.9. The summed E-state index contributed by atoms with van der Waals surface area (Å²) in [5.74, 6) is -0.984. The number of para-hydroxylation sites is 1. The Labute approximate surface area is 112 Å². The molecule has 0 atom stereocenters. The molecule has 3 N–H and O–H groups in total. The number of aromatic carboxylic acids is 1. The summed E-state index contributed by atoms with van der Waals surface area (Å²) in [4.78, 5) is 13.1. The van der Waals surface area contributed by atoms with Crippen LogP contribution in [0.3, 0.4) is 0 Å². The third kappa shape index (κ3) is 2.52. The van der Waals surface area contributed by atoms with Gasteiger partial charge in [0.25, 0.3) is 0 Å². The average Bonchev–Trinajstić information content (AvgIpc) is 2.37. The molecule has 98 valence electrons. The molecule has 0 bridgehead atoms. The zero-order chi connectivity index (χ0) is 14.0. The first-order chi connectivity index (χ1) is 9.00. The van der Waals surface area contributed by atoms with Gasteiger partial charge in [-0.05, 0) is 36.8 Å². The summed E-state index contributed by atoms with van der Waals surface area (Å²) in [6.07, 6.45) is 0. The molecular formula is C15H16N2O2. The SMILES string of the molecule is Cc1cccc(N(C)c2c(N)cccc2C(=O)O)c1. The smallest absolute Gasteiger partial charge is 0.337 e. The van der Waals surface area contributed by atoms with Crippen molar-refractivity contribution in [2.24, 2.45) is 0 Å². The van der Waals surface area contributed by atoms with Crippen LogP contribution in [0.15, 0.2) is 42.5 Å². The van der Waals surface area contributed by atoms with E-state index in [1.807, 2.05) is 38.2 Å². The van der Waals surface area contributed by atoms with Crippen molar-refractivity contribution in [1.29, 1.82) is 0 Å². The number of carboxylic acid groups (broad SMARTS) is 1. The number of nitrogen functional groups attached to an aromatic ring is 1. The molecule has 0 saturated heterocycles. The van der Waals surface area contributed by atoms with Gasteiger partial charge in [-0.15, -0.1) is 0 Å². The normalized spacial score (nSPS) is 10.2. The van der Waals surface area contributed by atoms with E-state index in [4.69, 9.17) is 5.73 Å². The number of hydrogen-bond acceptors (Lipinski definition) is 3. The monoisotopic (exact) mass is 256 g/mol. The minimum atomic E-state index is -0.984. The van der Waals surface area contributed by atoms with Crippen molar-refractivity contribution in [3.63, 3.8) is 0 Å². The Bertz CT molecular complexity index is 623. The number of nitrogens with zero attached hydrogens (tertiary/aromatic N) is 1. The van der Waals surface area contributed by atoms with E-state index in [2.05, 4.69) is 0 Å². The Morgan fingerprint density at radius 2 is 1.89 bits per heavy atom. The van der Waals surface area contributed by atoms with Gasteiger partial charge in [0.15, 0.2) is 0 Å². The third-order valence-corrected chi connectivity index (χ3v) is 3.02. The van der Waals surface area contributed by atoms with Crippen LogP contribution in [-0.4, -0.2) is 18.1 Å². The molecule has 4 heteroatoms. The molecule has 0 spiro atoms. The molecule has 0 unspecified atom stereocenters. The van der Waals surface area contributed by atoms with E-state index in [1.54, 1.807) is 23.1 Å². The van der Waals surface area contributed by atoms with Crippen molar-refractivity contribution in [3.8, 4) is 0 Å². The fourth-order valence-corrected chi connectivity index (χ4v) is 2.07. The lowest BCUT2D eigenvalue weighted by Crippen LogP contribution is -2.16. The molecule has 0 aliphatic rings. The summed E-state index contributed by atoms with van der Waals surface area (Å²) in [6.45, 7) is 1.99. The highest BCUT2D eigenvalue weighted by molar-refractivity contribution is 5.99. The van der Waals surface area contributed by atoms with Crippen LogP contribution in [0.25, 0.3) is 0 Å². The summed E-state index contributed by atoms with van der Waals surface area (Å²) in [5, 5.41) is 9.26. The van der Waals surface area contributed by atoms with Gasteiger partial charge in [0.1, 0.15) is 0 Å². The Hall–Kier alpha value is -2.49. The Kier molecular flexibility index (Phi) is 3.42. The van der Waals surface area contributed by atoms with E-state index in [0.29, 0.717) is 11.4 Å². The lowest BCUT2D eigenvalue weighted by molar-refractivity contribution is 0.0697. The van der Waals surface area contributed by atoms with Crippen molar-refractivity contribution >= 4 is 23.0 Å². The van der Waals surface area contributed by atoms with Crippen LogP contribution < -0.4 is 10.6 Å². The maximum Gasteiger partial charge on any atom is 0.337 e. The van der Waals surface area contributed by atoms with E-state index < -0.39 is 5.97 Å². The van der Waals surface area contributed by atoms with Crippen molar-refractivity contribution in [2.75, 3.05) is 17.7 Å². The Morgan fingerprint density at radius 3 is 2.53 bits per heavy atom. The number of nitrogens with two attached hydrogens (primary N) is 1. The van der Waals surface area contributed by atoms with Crippen molar-refractivity contribution in [2.45, 2.75) is 6.92 Å². The van der Waals surface area contributed by atoms with E-state index in [-0.39, 0.29) is 5.56 Å². The molecule has 0 aliphatic heterocycles. The molecule has 19 heavy (non-hydrogen) atoms. The molecule has 0 aromatic heterocycles. The third-order valence-electron chi connectivity index (χ3n) is 3.02. The van der Waals surface area contributed by atoms with Crippen LogP contribution in [-0.2, 0) is 0 Å². The molecule has 0 aliphatic carbocycles. The number of aryl methyl sites for hydroxylation is 1. The predicted octanol–water partition coefficient (Wildman–Crippen LogP) is 3.04. The van der Waals surface area contributed by atoms with E-state index >= 15 is 0 Å². The number of anilines is 3. The number of hydrogen-bond donors (Lipinski definition) is 2. The quantitative estimate of drug-likeness (QED) is 0.828. The van der Waals surface area contributed by atoms with Crippen LogP contribution in [0.4, 0.5) is 17.1 Å². The van der Waals surface area contributed by atoms with Gasteiger partial charge < -0.3 is 15.7 Å². The van der Waals surface area contributed by atoms with E-state index in [1.165, 1.54) is 0 Å². The Balaban J connectivity index is 2.55. The highest BCUT2D eigenvalue weighted by Crippen LogP contribution is 2.32. The predicted molar refractivity (Wildman–Crippen MR) is 77.1 cm³/mol. The first kappa shape index (κ1) is 13.0. The summed E-state index contributed by atoms with van der Waals surface area (Å²) >= 11 is 0. The van der Waals surface area contributed by atoms with Crippen LogP contribution in [0.1, 0.15) is 15.9 Å². The molecule has 0 saturated carbocycles. The second kappa shape index (κ2) is 5.02. The van der Waals surface area contributed by atoms with Gasteiger partial charge in [-0.25, -0.2) is 4.79 Å². The zero-order valence-corrected chi connectivity index (χ0v) is 10.9. The molecule has 0 fully saturated rings. The van der Waals surface area contributed by atoms with Gasteiger partial charge in [0.2, 0.25) is 0 Å². The summed E-state index contributed by atoms with van der Waals surface area (Å²) < 4.78 is 0. The van der Waals surface area contributed by atoms with Gasteiger partial charge >= 0.3 is 5.97 Å². The fraction of sp³-hybridized carbons (Fsp3) is 0.133. The second-order valence-corrected chi connectivity index (χ2v) is 4.45. The average molecular weight is 256 g/mol.